The molecular weight excluding hydrogens is 474 g/mol. The fourth-order valence-electron chi connectivity index (χ4n) is 2.69. The van der Waals surface area contributed by atoms with Gasteiger partial charge in [-0.15, -0.1) is 11.8 Å². The third-order valence-corrected chi connectivity index (χ3v) is 7.30. The largest absolute Gasteiger partial charge is 0.444 e. The molecule has 0 saturated carbocycles. The van der Waals surface area contributed by atoms with Crippen molar-refractivity contribution in [1.82, 2.24) is 0 Å². The smallest absolute Gasteiger partial charge is 0.429 e. The van der Waals surface area contributed by atoms with Crippen LogP contribution in [-0.4, -0.2) is 31.2 Å². The van der Waals surface area contributed by atoms with Gasteiger partial charge in [-0.25, -0.2) is 4.39 Å². The molecule has 2 aromatic carbocycles. The van der Waals surface area contributed by atoms with Crippen molar-refractivity contribution in [1.29, 1.82) is 0 Å². The lowest BCUT2D eigenvalue weighted by molar-refractivity contribution is -0.199. The Morgan fingerprint density at radius 1 is 1.13 bits per heavy atom. The number of benzene rings is 2. The Hall–Kier alpha value is -1.38. The molecule has 11 heteroatoms. The van der Waals surface area contributed by atoms with E-state index in [4.69, 9.17) is 20.6 Å². The van der Waals surface area contributed by atoms with E-state index in [2.05, 4.69) is 10.1 Å². The summed E-state index contributed by atoms with van der Waals surface area (Å²) < 4.78 is 68.9. The van der Waals surface area contributed by atoms with Gasteiger partial charge in [-0.05, 0) is 49.9 Å². The molecule has 0 fully saturated rings. The van der Waals surface area contributed by atoms with Gasteiger partial charge in [0.05, 0.1) is 13.2 Å². The monoisotopic (exact) mass is 497 g/mol. The van der Waals surface area contributed by atoms with Gasteiger partial charge in [0.1, 0.15) is 5.75 Å². The molecule has 1 N–H and O–H groups in total. The highest BCUT2D eigenvalue weighted by atomic mass is 35.5. The van der Waals surface area contributed by atoms with Gasteiger partial charge in [-0.1, -0.05) is 29.8 Å². The number of anilines is 1. The number of hydrogen-bond acceptors (Lipinski definition) is 6. The van der Waals surface area contributed by atoms with Crippen LogP contribution >= 0.6 is 31.0 Å². The highest BCUT2D eigenvalue weighted by molar-refractivity contribution is 7.98. The number of thioether (sulfide) groups is 1. The van der Waals surface area contributed by atoms with E-state index in [-0.39, 0.29) is 24.7 Å². The molecule has 0 heterocycles. The molecule has 31 heavy (non-hydrogen) atoms. The number of rotatable bonds is 12. The average molecular weight is 498 g/mol. The van der Waals surface area contributed by atoms with Crippen LogP contribution in [0.3, 0.4) is 0 Å². The molecule has 2 unspecified atom stereocenters. The van der Waals surface area contributed by atoms with Crippen molar-refractivity contribution in [3.05, 3.63) is 54.1 Å². The van der Waals surface area contributed by atoms with Gasteiger partial charge < -0.3 is 19.1 Å². The van der Waals surface area contributed by atoms with E-state index >= 15 is 0 Å². The SMILES string of the molecule is CCOP(=O)(OCC)C(Nc1cccc(OC(F)(F)C(F)Cl)c1)c1ccc(SC)cc1. The van der Waals surface area contributed by atoms with E-state index in [1.807, 2.05) is 18.4 Å². The van der Waals surface area contributed by atoms with Crippen LogP contribution in [-0.2, 0) is 13.6 Å². The number of halogens is 4. The highest BCUT2D eigenvalue weighted by Gasteiger charge is 2.42. The minimum absolute atomic E-state index is 0.140. The zero-order valence-electron chi connectivity index (χ0n) is 17.2. The molecule has 0 aliphatic rings. The van der Waals surface area contributed by atoms with Crippen molar-refractivity contribution in [2.24, 2.45) is 0 Å². The summed E-state index contributed by atoms with van der Waals surface area (Å²) in [6.45, 7) is 3.66. The standard InChI is InChI=1S/C20H24ClF3NO4PS/c1-4-27-30(26,28-5-2)18(14-9-11-17(31-3)12-10-14)25-15-7-6-8-16(13-15)29-20(23,24)19(21)22/h6-13,18-19,25H,4-5H2,1-3H3. The fraction of sp³-hybridized carbons (Fsp3) is 0.400. The molecule has 0 saturated heterocycles. The first kappa shape index (κ1) is 25.9. The first-order valence-electron chi connectivity index (χ1n) is 9.39. The van der Waals surface area contributed by atoms with E-state index in [0.29, 0.717) is 5.56 Å². The predicted octanol–water partition coefficient (Wildman–Crippen LogP) is 7.29. The van der Waals surface area contributed by atoms with Gasteiger partial charge >= 0.3 is 13.7 Å². The Labute approximate surface area is 189 Å². The maximum atomic E-state index is 13.5. The van der Waals surface area contributed by atoms with Crippen molar-refractivity contribution in [2.45, 2.75) is 36.3 Å². The Balaban J connectivity index is 2.41. The summed E-state index contributed by atoms with van der Waals surface area (Å²) in [6, 6.07) is 12.7. The lowest BCUT2D eigenvalue weighted by Crippen LogP contribution is -2.32. The number of hydrogen-bond donors (Lipinski definition) is 1. The second-order valence-corrected chi connectivity index (χ2v) is 9.56. The summed E-state index contributed by atoms with van der Waals surface area (Å²) in [5.41, 5.74) is -2.11. The molecule has 0 bridgehead atoms. The summed E-state index contributed by atoms with van der Waals surface area (Å²) in [5, 5.41) is 3.03. The van der Waals surface area contributed by atoms with Crippen molar-refractivity contribution >= 4 is 36.6 Å². The van der Waals surface area contributed by atoms with Gasteiger partial charge in [0.25, 0.3) is 5.63 Å². The van der Waals surface area contributed by atoms with Gasteiger partial charge in [0.15, 0.2) is 5.78 Å². The molecule has 0 aliphatic carbocycles. The quantitative estimate of drug-likeness (QED) is 0.189. The summed E-state index contributed by atoms with van der Waals surface area (Å²) in [7, 11) is -3.70. The lowest BCUT2D eigenvalue weighted by atomic mass is 10.2. The Kier molecular flexibility index (Phi) is 9.58. The third-order valence-electron chi connectivity index (χ3n) is 4.01. The minimum Gasteiger partial charge on any atom is -0.429 e. The van der Waals surface area contributed by atoms with Crippen LogP contribution in [0.5, 0.6) is 5.75 Å². The molecule has 2 atom stereocenters. The zero-order chi connectivity index (χ0) is 23.1. The van der Waals surface area contributed by atoms with Crippen LogP contribution in [0.1, 0.15) is 25.2 Å². The third kappa shape index (κ3) is 7.05. The van der Waals surface area contributed by atoms with E-state index in [1.165, 1.54) is 18.2 Å². The Morgan fingerprint density at radius 3 is 2.26 bits per heavy atom. The van der Waals surface area contributed by atoms with Gasteiger partial charge in [0.2, 0.25) is 0 Å². The van der Waals surface area contributed by atoms with Crippen molar-refractivity contribution < 1.29 is 31.5 Å². The maximum Gasteiger partial charge on any atom is 0.444 e. The van der Waals surface area contributed by atoms with Crippen molar-refractivity contribution in [3.8, 4) is 5.75 Å². The highest BCUT2D eigenvalue weighted by Crippen LogP contribution is 2.60. The summed E-state index contributed by atoms with van der Waals surface area (Å²) in [4.78, 5) is 1.00. The molecule has 2 aromatic rings. The van der Waals surface area contributed by atoms with Crippen LogP contribution < -0.4 is 10.1 Å². The molecule has 2 rings (SSSR count). The zero-order valence-corrected chi connectivity index (χ0v) is 19.7. The second kappa shape index (κ2) is 11.5. The van der Waals surface area contributed by atoms with Crippen LogP contribution in [0.25, 0.3) is 0 Å². The molecule has 0 radical (unpaired) electrons. The van der Waals surface area contributed by atoms with Gasteiger partial charge in [-0.2, -0.15) is 8.78 Å². The van der Waals surface area contributed by atoms with E-state index in [1.54, 1.807) is 43.8 Å². The van der Waals surface area contributed by atoms with Crippen LogP contribution in [0.2, 0.25) is 0 Å². The van der Waals surface area contributed by atoms with Crippen molar-refractivity contribution in [3.63, 3.8) is 0 Å². The molecule has 0 aliphatic heterocycles. The van der Waals surface area contributed by atoms with Gasteiger partial charge in [-0.3, -0.25) is 4.57 Å². The summed E-state index contributed by atoms with van der Waals surface area (Å²) in [6.07, 6.45) is -2.28. The fourth-order valence-corrected chi connectivity index (χ4v) is 5.08. The maximum absolute atomic E-state index is 13.5. The molecular formula is C20H24ClF3NO4PS. The minimum atomic E-state index is -4.21. The number of nitrogens with one attached hydrogen (secondary N) is 1. The first-order valence-corrected chi connectivity index (χ1v) is 12.7. The topological polar surface area (TPSA) is 56.8 Å². The Morgan fingerprint density at radius 2 is 1.74 bits per heavy atom. The molecule has 0 aromatic heterocycles. The molecule has 5 nitrogen and oxygen atoms in total. The predicted molar refractivity (Wildman–Crippen MR) is 118 cm³/mol. The Bertz CT molecular complexity index is 879. The van der Waals surface area contributed by atoms with E-state index in [0.717, 1.165) is 4.90 Å². The van der Waals surface area contributed by atoms with E-state index in [9.17, 15) is 17.7 Å². The van der Waals surface area contributed by atoms with E-state index < -0.39 is 25.1 Å². The summed E-state index contributed by atoms with van der Waals surface area (Å²) >= 11 is 6.40. The second-order valence-electron chi connectivity index (χ2n) is 6.19. The van der Waals surface area contributed by atoms with Crippen molar-refractivity contribution in [2.75, 3.05) is 24.8 Å². The van der Waals surface area contributed by atoms with Gasteiger partial charge in [0, 0.05) is 16.6 Å². The number of alkyl halides is 4. The van der Waals surface area contributed by atoms with Crippen LogP contribution in [0.4, 0.5) is 18.9 Å². The summed E-state index contributed by atoms with van der Waals surface area (Å²) in [5.74, 6) is -1.25. The molecule has 0 spiro atoms. The molecule has 0 amide bonds. The van der Waals surface area contributed by atoms with Crippen LogP contribution in [0.15, 0.2) is 53.4 Å². The normalized spacial score (nSPS) is 14.2. The van der Waals surface area contributed by atoms with Crippen LogP contribution in [0, 0.1) is 0 Å². The first-order chi connectivity index (χ1) is 14.6. The lowest BCUT2D eigenvalue weighted by Gasteiger charge is -2.28. The molecule has 172 valence electrons. The number of ether oxygens (including phenoxy) is 1. The average Bonchev–Trinajstić information content (AvgIpc) is 2.72.